The zero-order chi connectivity index (χ0) is 12.0. The third kappa shape index (κ3) is 4.19. The predicted molar refractivity (Wildman–Crippen MR) is 67.7 cm³/mol. The maximum atomic E-state index is 5.12. The molecule has 1 aromatic heterocycles. The summed E-state index contributed by atoms with van der Waals surface area (Å²) in [5.41, 5.74) is 2.59. The first kappa shape index (κ1) is 13.0. The summed E-state index contributed by atoms with van der Waals surface area (Å²) in [5.74, 6) is 0. The van der Waals surface area contributed by atoms with Gasteiger partial charge in [0.2, 0.25) is 0 Å². The van der Waals surface area contributed by atoms with Crippen molar-refractivity contribution in [1.29, 1.82) is 0 Å². The largest absolute Gasteiger partial charge is 0.385 e. The molecule has 0 aliphatic carbocycles. The van der Waals surface area contributed by atoms with E-state index >= 15 is 0 Å². The number of hydrogen-bond donors (Lipinski definition) is 1. The van der Waals surface area contributed by atoms with Crippen molar-refractivity contribution in [3.05, 3.63) is 24.0 Å². The molecule has 1 N–H and O–H groups in total. The monoisotopic (exact) mass is 222 g/mol. The van der Waals surface area contributed by atoms with Crippen LogP contribution in [0.4, 0.5) is 5.69 Å². The Morgan fingerprint density at radius 2 is 2.19 bits per heavy atom. The first-order chi connectivity index (χ1) is 7.55. The van der Waals surface area contributed by atoms with Gasteiger partial charge in [-0.2, -0.15) is 0 Å². The number of methoxy groups -OCH3 is 1. The number of pyridine rings is 1. The lowest BCUT2D eigenvalue weighted by Crippen LogP contribution is -2.24. The molecule has 0 amide bonds. The van der Waals surface area contributed by atoms with Gasteiger partial charge in [-0.05, 0) is 30.4 Å². The third-order valence-electron chi connectivity index (χ3n) is 2.76. The number of anilines is 1. The highest BCUT2D eigenvalue weighted by atomic mass is 16.5. The molecule has 0 unspecified atom stereocenters. The van der Waals surface area contributed by atoms with Crippen LogP contribution >= 0.6 is 0 Å². The van der Waals surface area contributed by atoms with E-state index in [1.54, 1.807) is 7.11 Å². The smallest absolute Gasteiger partial charge is 0.0468 e. The molecular weight excluding hydrogens is 200 g/mol. The summed E-state index contributed by atoms with van der Waals surface area (Å²) < 4.78 is 5.12. The topological polar surface area (TPSA) is 34.1 Å². The van der Waals surface area contributed by atoms with Crippen molar-refractivity contribution in [3.63, 3.8) is 0 Å². The van der Waals surface area contributed by atoms with Crippen LogP contribution in [-0.4, -0.2) is 25.2 Å². The van der Waals surface area contributed by atoms with E-state index in [9.17, 15) is 0 Å². The first-order valence-corrected chi connectivity index (χ1v) is 5.68. The van der Waals surface area contributed by atoms with Gasteiger partial charge in [0.25, 0.3) is 0 Å². The zero-order valence-electron chi connectivity index (χ0n) is 10.7. The Bertz CT molecular complexity index is 323. The Hall–Kier alpha value is -1.09. The van der Waals surface area contributed by atoms with Crippen molar-refractivity contribution in [2.75, 3.05) is 25.6 Å². The number of ether oxygens (including phenoxy) is 1. The minimum Gasteiger partial charge on any atom is -0.385 e. The van der Waals surface area contributed by atoms with Crippen LogP contribution in [0.3, 0.4) is 0 Å². The Kier molecular flexibility index (Phi) is 4.74. The van der Waals surface area contributed by atoms with Crippen LogP contribution in [0, 0.1) is 12.3 Å². The maximum absolute atomic E-state index is 5.12. The maximum Gasteiger partial charge on any atom is 0.0468 e. The first-order valence-electron chi connectivity index (χ1n) is 5.68. The van der Waals surface area contributed by atoms with Gasteiger partial charge < -0.3 is 10.1 Å². The van der Waals surface area contributed by atoms with Gasteiger partial charge >= 0.3 is 0 Å². The molecule has 3 heteroatoms. The second-order valence-corrected chi connectivity index (χ2v) is 4.95. The van der Waals surface area contributed by atoms with Crippen LogP contribution in [0.1, 0.15) is 25.8 Å². The van der Waals surface area contributed by atoms with E-state index in [-0.39, 0.29) is 5.41 Å². The lowest BCUT2D eigenvalue weighted by molar-refractivity contribution is 0.157. The molecule has 1 heterocycles. The highest BCUT2D eigenvalue weighted by molar-refractivity contribution is 5.48. The van der Waals surface area contributed by atoms with Gasteiger partial charge in [-0.15, -0.1) is 0 Å². The normalized spacial score (nSPS) is 11.5. The number of hydrogen-bond acceptors (Lipinski definition) is 3. The molecule has 0 spiro atoms. The second kappa shape index (κ2) is 5.85. The molecule has 0 fully saturated rings. The lowest BCUT2D eigenvalue weighted by atomic mass is 9.89. The van der Waals surface area contributed by atoms with E-state index in [4.69, 9.17) is 4.74 Å². The molecule has 0 aromatic carbocycles. The molecule has 16 heavy (non-hydrogen) atoms. The molecule has 3 nitrogen and oxygen atoms in total. The van der Waals surface area contributed by atoms with E-state index < -0.39 is 0 Å². The van der Waals surface area contributed by atoms with Gasteiger partial charge in [-0.1, -0.05) is 13.8 Å². The fourth-order valence-electron chi connectivity index (χ4n) is 1.47. The zero-order valence-corrected chi connectivity index (χ0v) is 10.7. The van der Waals surface area contributed by atoms with Crippen LogP contribution in [-0.2, 0) is 4.74 Å². The average Bonchev–Trinajstić information content (AvgIpc) is 2.26. The van der Waals surface area contributed by atoms with Crippen molar-refractivity contribution in [3.8, 4) is 0 Å². The highest BCUT2D eigenvalue weighted by Crippen LogP contribution is 2.22. The van der Waals surface area contributed by atoms with Gasteiger partial charge in [-0.25, -0.2) is 0 Å². The third-order valence-corrected chi connectivity index (χ3v) is 2.76. The molecule has 0 saturated carbocycles. The summed E-state index contributed by atoms with van der Waals surface area (Å²) in [7, 11) is 1.75. The quantitative estimate of drug-likeness (QED) is 0.803. The fraction of sp³-hybridized carbons (Fsp3) is 0.615. The Balaban J connectivity index is 2.47. The van der Waals surface area contributed by atoms with Gasteiger partial charge in [-0.3, -0.25) is 4.98 Å². The standard InChI is InChI=1S/C13H22N2O/c1-11-9-14-7-5-12(11)15-10-13(2,3)6-8-16-4/h5,7,9H,6,8,10H2,1-4H3,(H,14,15). The highest BCUT2D eigenvalue weighted by Gasteiger charge is 2.17. The summed E-state index contributed by atoms with van der Waals surface area (Å²) in [6.45, 7) is 8.31. The van der Waals surface area contributed by atoms with Crippen LogP contribution in [0.5, 0.6) is 0 Å². The van der Waals surface area contributed by atoms with Gasteiger partial charge in [0.15, 0.2) is 0 Å². The number of rotatable bonds is 6. The van der Waals surface area contributed by atoms with E-state index in [0.29, 0.717) is 0 Å². The molecule has 0 bridgehead atoms. The summed E-state index contributed by atoms with van der Waals surface area (Å²) in [6.07, 6.45) is 4.75. The molecule has 1 rings (SSSR count). The Morgan fingerprint density at radius 1 is 1.44 bits per heavy atom. The van der Waals surface area contributed by atoms with Crippen molar-refractivity contribution in [2.24, 2.45) is 5.41 Å². The summed E-state index contributed by atoms with van der Waals surface area (Å²) in [5, 5.41) is 3.47. The minimum absolute atomic E-state index is 0.242. The fourth-order valence-corrected chi connectivity index (χ4v) is 1.47. The van der Waals surface area contributed by atoms with E-state index in [0.717, 1.165) is 19.6 Å². The molecule has 90 valence electrons. The lowest BCUT2D eigenvalue weighted by Gasteiger charge is -2.25. The minimum atomic E-state index is 0.242. The summed E-state index contributed by atoms with van der Waals surface area (Å²) in [4.78, 5) is 4.08. The molecule has 1 aromatic rings. The molecule has 0 saturated heterocycles. The molecule has 0 atom stereocenters. The van der Waals surface area contributed by atoms with E-state index in [1.165, 1.54) is 11.3 Å². The van der Waals surface area contributed by atoms with Gasteiger partial charge in [0.1, 0.15) is 0 Å². The second-order valence-electron chi connectivity index (χ2n) is 4.95. The van der Waals surface area contributed by atoms with Gasteiger partial charge in [0, 0.05) is 38.3 Å². The number of nitrogens with zero attached hydrogens (tertiary/aromatic N) is 1. The van der Waals surface area contributed by atoms with Crippen LogP contribution in [0.15, 0.2) is 18.5 Å². The number of nitrogens with one attached hydrogen (secondary N) is 1. The number of aromatic nitrogens is 1. The van der Waals surface area contributed by atoms with E-state index in [2.05, 4.69) is 31.1 Å². The van der Waals surface area contributed by atoms with Crippen LogP contribution in [0.25, 0.3) is 0 Å². The summed E-state index contributed by atoms with van der Waals surface area (Å²) >= 11 is 0. The van der Waals surface area contributed by atoms with Crippen molar-refractivity contribution in [2.45, 2.75) is 27.2 Å². The summed E-state index contributed by atoms with van der Waals surface area (Å²) in [6, 6.07) is 2.02. The average molecular weight is 222 g/mol. The number of aryl methyl sites for hydroxylation is 1. The SMILES string of the molecule is COCCC(C)(C)CNc1ccncc1C. The van der Waals surface area contributed by atoms with Crippen molar-refractivity contribution >= 4 is 5.69 Å². The van der Waals surface area contributed by atoms with Crippen LogP contribution in [0.2, 0.25) is 0 Å². The van der Waals surface area contributed by atoms with Crippen LogP contribution < -0.4 is 5.32 Å². The molecule has 0 aliphatic rings. The van der Waals surface area contributed by atoms with Crippen molar-refractivity contribution in [1.82, 2.24) is 4.98 Å². The molecular formula is C13H22N2O. The van der Waals surface area contributed by atoms with E-state index in [1.807, 2.05) is 18.5 Å². The predicted octanol–water partition coefficient (Wildman–Crippen LogP) is 2.86. The van der Waals surface area contributed by atoms with Crippen molar-refractivity contribution < 1.29 is 4.74 Å². The Labute approximate surface area is 98.2 Å². The molecule has 0 aliphatic heterocycles. The van der Waals surface area contributed by atoms with Gasteiger partial charge in [0.05, 0.1) is 0 Å². The Morgan fingerprint density at radius 3 is 2.81 bits per heavy atom. The molecule has 0 radical (unpaired) electrons.